The third-order valence-corrected chi connectivity index (χ3v) is 3.25. The van der Waals surface area contributed by atoms with Gasteiger partial charge in [0.1, 0.15) is 0 Å². The second-order valence-corrected chi connectivity index (χ2v) is 4.57. The van der Waals surface area contributed by atoms with Crippen molar-refractivity contribution in [3.8, 4) is 0 Å². The molecule has 98 valence electrons. The van der Waals surface area contributed by atoms with Crippen LogP contribution in [0.15, 0.2) is 12.1 Å². The van der Waals surface area contributed by atoms with E-state index in [0.717, 1.165) is 38.1 Å². The highest BCUT2D eigenvalue weighted by atomic mass is 19.2. The van der Waals surface area contributed by atoms with Gasteiger partial charge in [-0.1, -0.05) is 0 Å². The van der Waals surface area contributed by atoms with E-state index in [1.807, 2.05) is 0 Å². The summed E-state index contributed by atoms with van der Waals surface area (Å²) in [6.45, 7) is 1.80. The summed E-state index contributed by atoms with van der Waals surface area (Å²) in [5, 5.41) is 13.8. The van der Waals surface area contributed by atoms with Crippen molar-refractivity contribution in [2.45, 2.75) is 19.3 Å². The molecular formula is C12H14F2N2O2. The molecule has 1 aliphatic heterocycles. The van der Waals surface area contributed by atoms with Crippen molar-refractivity contribution >= 4 is 5.69 Å². The van der Waals surface area contributed by atoms with Crippen LogP contribution < -0.4 is 5.32 Å². The van der Waals surface area contributed by atoms with Gasteiger partial charge in [0.15, 0.2) is 5.82 Å². The molecule has 1 aromatic rings. The van der Waals surface area contributed by atoms with E-state index < -0.39 is 22.2 Å². The average molecular weight is 256 g/mol. The quantitative estimate of drug-likeness (QED) is 0.667. The molecule has 0 spiro atoms. The first-order chi connectivity index (χ1) is 8.58. The van der Waals surface area contributed by atoms with Crippen LogP contribution in [0, 0.1) is 27.7 Å². The van der Waals surface area contributed by atoms with E-state index >= 15 is 0 Å². The second kappa shape index (κ2) is 5.39. The average Bonchev–Trinajstić information content (AvgIpc) is 2.34. The molecule has 0 saturated carbocycles. The van der Waals surface area contributed by atoms with Crippen LogP contribution in [0.2, 0.25) is 0 Å². The lowest BCUT2D eigenvalue weighted by Gasteiger charge is -2.22. The van der Waals surface area contributed by atoms with Gasteiger partial charge in [-0.3, -0.25) is 10.1 Å². The van der Waals surface area contributed by atoms with Crippen LogP contribution in [0.1, 0.15) is 18.4 Å². The molecular weight excluding hydrogens is 242 g/mol. The van der Waals surface area contributed by atoms with Gasteiger partial charge in [0.2, 0.25) is 5.82 Å². The lowest BCUT2D eigenvalue weighted by molar-refractivity contribution is -0.387. The van der Waals surface area contributed by atoms with Gasteiger partial charge in [-0.05, 0) is 49.9 Å². The lowest BCUT2D eigenvalue weighted by atomic mass is 9.91. The summed E-state index contributed by atoms with van der Waals surface area (Å²) in [5.74, 6) is -2.15. The van der Waals surface area contributed by atoms with Crippen LogP contribution in [0.25, 0.3) is 0 Å². The number of hydrogen-bond donors (Lipinski definition) is 1. The fourth-order valence-corrected chi connectivity index (χ4v) is 2.30. The summed E-state index contributed by atoms with van der Waals surface area (Å²) in [7, 11) is 0. The number of halogens is 2. The predicted molar refractivity (Wildman–Crippen MR) is 62.3 cm³/mol. The number of benzene rings is 1. The Hall–Kier alpha value is -1.56. The summed E-state index contributed by atoms with van der Waals surface area (Å²) in [6, 6.07) is 2.20. The van der Waals surface area contributed by atoms with Gasteiger partial charge < -0.3 is 5.32 Å². The monoisotopic (exact) mass is 256 g/mol. The molecule has 1 saturated heterocycles. The van der Waals surface area contributed by atoms with E-state index in [0.29, 0.717) is 17.9 Å². The molecule has 0 radical (unpaired) electrons. The molecule has 4 nitrogen and oxygen atoms in total. The van der Waals surface area contributed by atoms with E-state index in [9.17, 15) is 18.9 Å². The highest BCUT2D eigenvalue weighted by Crippen LogP contribution is 2.25. The normalized spacial score (nSPS) is 16.8. The molecule has 2 rings (SSSR count). The Balaban J connectivity index is 2.20. The SMILES string of the molecule is O=[N+]([O-])c1cc(CC2CCNCC2)cc(F)c1F. The molecule has 0 unspecified atom stereocenters. The number of nitro groups is 1. The van der Waals surface area contributed by atoms with Crippen molar-refractivity contribution < 1.29 is 13.7 Å². The summed E-state index contributed by atoms with van der Waals surface area (Å²) in [5.41, 5.74) is -0.286. The van der Waals surface area contributed by atoms with Gasteiger partial charge in [0.05, 0.1) is 4.92 Å². The van der Waals surface area contributed by atoms with Crippen LogP contribution in [-0.2, 0) is 6.42 Å². The van der Waals surface area contributed by atoms with Gasteiger partial charge in [-0.25, -0.2) is 4.39 Å². The van der Waals surface area contributed by atoms with Crippen LogP contribution in [0.5, 0.6) is 0 Å². The Kier molecular flexibility index (Phi) is 3.86. The minimum atomic E-state index is -1.38. The number of rotatable bonds is 3. The molecule has 1 N–H and O–H groups in total. The van der Waals surface area contributed by atoms with Crippen molar-refractivity contribution in [2.24, 2.45) is 5.92 Å². The van der Waals surface area contributed by atoms with Crippen molar-refractivity contribution in [3.63, 3.8) is 0 Å². The molecule has 1 fully saturated rings. The zero-order valence-electron chi connectivity index (χ0n) is 9.79. The fraction of sp³-hybridized carbons (Fsp3) is 0.500. The van der Waals surface area contributed by atoms with Crippen molar-refractivity contribution in [1.82, 2.24) is 5.32 Å². The summed E-state index contributed by atoms with van der Waals surface area (Å²) in [6.07, 6.45) is 2.46. The first-order valence-corrected chi connectivity index (χ1v) is 5.91. The molecule has 1 heterocycles. The van der Waals surface area contributed by atoms with E-state index in [2.05, 4.69) is 5.32 Å². The van der Waals surface area contributed by atoms with Crippen molar-refractivity contribution in [3.05, 3.63) is 39.4 Å². The fourth-order valence-electron chi connectivity index (χ4n) is 2.30. The molecule has 6 heteroatoms. The summed E-state index contributed by atoms with van der Waals surface area (Å²) < 4.78 is 26.4. The molecule has 0 aromatic heterocycles. The predicted octanol–water partition coefficient (Wildman–Crippen LogP) is 2.42. The first kappa shape index (κ1) is 12.9. The van der Waals surface area contributed by atoms with Crippen LogP contribution in [0.4, 0.5) is 14.5 Å². The molecule has 1 aromatic carbocycles. The highest BCUT2D eigenvalue weighted by molar-refractivity contribution is 5.37. The third kappa shape index (κ3) is 2.81. The molecule has 18 heavy (non-hydrogen) atoms. The molecule has 0 amide bonds. The second-order valence-electron chi connectivity index (χ2n) is 4.57. The van der Waals surface area contributed by atoms with Gasteiger partial charge in [0.25, 0.3) is 0 Å². The van der Waals surface area contributed by atoms with Crippen LogP contribution in [-0.4, -0.2) is 18.0 Å². The molecule has 1 aliphatic rings. The Morgan fingerprint density at radius 2 is 2.00 bits per heavy atom. The Labute approximate surface area is 103 Å². The van der Waals surface area contributed by atoms with E-state index in [1.54, 1.807) is 0 Å². The topological polar surface area (TPSA) is 55.2 Å². The Bertz CT molecular complexity index is 460. The van der Waals surface area contributed by atoms with Gasteiger partial charge in [0, 0.05) is 6.07 Å². The standard InChI is InChI=1S/C12H14F2N2O2/c13-10-6-9(5-8-1-3-15-4-2-8)7-11(12(10)14)16(17)18/h6-8,15H,1-5H2. The van der Waals surface area contributed by atoms with E-state index in [-0.39, 0.29) is 0 Å². The smallest absolute Gasteiger partial charge is 0.308 e. The number of nitro benzene ring substituents is 1. The van der Waals surface area contributed by atoms with Gasteiger partial charge in [-0.15, -0.1) is 0 Å². The molecule has 0 bridgehead atoms. The van der Waals surface area contributed by atoms with Gasteiger partial charge in [-0.2, -0.15) is 4.39 Å². The minimum Gasteiger partial charge on any atom is -0.317 e. The van der Waals surface area contributed by atoms with E-state index in [1.165, 1.54) is 0 Å². The van der Waals surface area contributed by atoms with Crippen molar-refractivity contribution in [1.29, 1.82) is 0 Å². The minimum absolute atomic E-state index is 0.371. The molecule has 0 aliphatic carbocycles. The highest BCUT2D eigenvalue weighted by Gasteiger charge is 2.22. The van der Waals surface area contributed by atoms with Crippen molar-refractivity contribution in [2.75, 3.05) is 13.1 Å². The Morgan fingerprint density at radius 1 is 1.33 bits per heavy atom. The third-order valence-electron chi connectivity index (χ3n) is 3.25. The van der Waals surface area contributed by atoms with Gasteiger partial charge >= 0.3 is 5.69 Å². The summed E-state index contributed by atoms with van der Waals surface area (Å²) >= 11 is 0. The number of piperidine rings is 1. The van der Waals surface area contributed by atoms with E-state index in [4.69, 9.17) is 0 Å². The zero-order chi connectivity index (χ0) is 13.1. The molecule has 0 atom stereocenters. The van der Waals surface area contributed by atoms with Crippen LogP contribution >= 0.6 is 0 Å². The number of nitrogens with zero attached hydrogens (tertiary/aromatic N) is 1. The maximum Gasteiger partial charge on any atom is 0.308 e. The number of hydrogen-bond acceptors (Lipinski definition) is 3. The maximum absolute atomic E-state index is 13.3. The summed E-state index contributed by atoms with van der Waals surface area (Å²) in [4.78, 5) is 9.72. The number of nitrogens with one attached hydrogen (secondary N) is 1. The first-order valence-electron chi connectivity index (χ1n) is 5.91. The largest absolute Gasteiger partial charge is 0.317 e. The lowest BCUT2D eigenvalue weighted by Crippen LogP contribution is -2.28. The Morgan fingerprint density at radius 3 is 2.61 bits per heavy atom. The zero-order valence-corrected chi connectivity index (χ0v) is 9.79. The maximum atomic E-state index is 13.3. The van der Waals surface area contributed by atoms with Crippen LogP contribution in [0.3, 0.4) is 0 Å².